The Hall–Kier alpha value is -8.26. The minimum Gasteiger partial charge on any atom is -0.316 e. The summed E-state index contributed by atoms with van der Waals surface area (Å²) in [5.74, 6) is 0. The fourth-order valence-electron chi connectivity index (χ4n) is 8.87. The normalized spacial score (nSPS) is 11.2. The molecule has 0 saturated heterocycles. The van der Waals surface area contributed by atoms with Gasteiger partial charge in [0.1, 0.15) is 0 Å². The maximum Gasteiger partial charge on any atom is 0.0535 e. The second-order valence-corrected chi connectivity index (χ2v) is 16.2. The van der Waals surface area contributed by atoms with E-state index in [1.54, 1.807) is 0 Å². The zero-order chi connectivity index (χ0) is 42.0. The van der Waals surface area contributed by atoms with Gasteiger partial charge < -0.3 is 4.57 Å². The Kier molecular flexibility index (Phi) is 9.97. The first kappa shape index (κ1) is 37.7. The van der Waals surface area contributed by atoms with E-state index in [1.165, 1.54) is 94.4 Å². The number of benzene rings is 10. The minimum absolute atomic E-state index is 1.11. The molecule has 1 heteroatoms. The predicted molar refractivity (Wildman–Crippen MR) is 267 cm³/mol. The fraction of sp³-hybridized carbons (Fsp3) is 0. The minimum atomic E-state index is 1.11. The number of hydrogen-bond acceptors (Lipinski definition) is 0. The van der Waals surface area contributed by atoms with Crippen molar-refractivity contribution in [3.05, 3.63) is 261 Å². The molecule has 0 aliphatic rings. The first-order chi connectivity index (χ1) is 31.2. The Labute approximate surface area is 369 Å². The maximum atomic E-state index is 2.39. The molecule has 0 N–H and O–H groups in total. The summed E-state index contributed by atoms with van der Waals surface area (Å²) in [5.41, 5.74) is 21.4. The number of fused-ring (bicyclic) bond motifs is 1. The van der Waals surface area contributed by atoms with E-state index in [0.29, 0.717) is 0 Å². The Morgan fingerprint density at radius 3 is 0.857 bits per heavy atom. The molecule has 1 nitrogen and oxygen atoms in total. The van der Waals surface area contributed by atoms with E-state index in [-0.39, 0.29) is 0 Å². The Balaban J connectivity index is 1.06. The van der Waals surface area contributed by atoms with E-state index in [4.69, 9.17) is 0 Å². The number of rotatable bonds is 9. The van der Waals surface area contributed by atoms with Crippen molar-refractivity contribution in [1.82, 2.24) is 4.57 Å². The van der Waals surface area contributed by atoms with Crippen LogP contribution in [-0.2, 0) is 0 Å². The number of nitrogens with zero attached hydrogens (tertiary/aromatic N) is 1. The molecule has 0 amide bonds. The SMILES string of the molecule is c1ccc(-c2ccc(-c3cc(-c4ccc(-c5ccccc5)cc4)cc(-n4cc(-c5ccc(-c6ccccc6)cc5)c5cc(-c6ccc(-c7ccccc7)cc6)ccc54)c3)cc2)cc1. The molecular weight excluding hydrogens is 759 g/mol. The van der Waals surface area contributed by atoms with Crippen molar-refractivity contribution in [2.75, 3.05) is 0 Å². The molecule has 11 rings (SSSR count). The molecule has 63 heavy (non-hydrogen) atoms. The van der Waals surface area contributed by atoms with Gasteiger partial charge in [-0.1, -0.05) is 224 Å². The van der Waals surface area contributed by atoms with Crippen molar-refractivity contribution >= 4 is 10.9 Å². The molecular formula is C62H43N. The third-order valence-corrected chi connectivity index (χ3v) is 12.3. The lowest BCUT2D eigenvalue weighted by Gasteiger charge is -2.14. The molecule has 0 atom stereocenters. The summed E-state index contributed by atoms with van der Waals surface area (Å²) in [4.78, 5) is 0. The highest BCUT2D eigenvalue weighted by atomic mass is 15.0. The van der Waals surface area contributed by atoms with Crippen LogP contribution in [0.3, 0.4) is 0 Å². The summed E-state index contributed by atoms with van der Waals surface area (Å²) in [7, 11) is 0. The maximum absolute atomic E-state index is 2.39. The highest BCUT2D eigenvalue weighted by Gasteiger charge is 2.16. The van der Waals surface area contributed by atoms with Gasteiger partial charge in [0, 0.05) is 22.8 Å². The van der Waals surface area contributed by atoms with Crippen LogP contribution in [0.4, 0.5) is 0 Å². The lowest BCUT2D eigenvalue weighted by Crippen LogP contribution is -1.95. The van der Waals surface area contributed by atoms with Crippen LogP contribution in [0, 0.1) is 0 Å². The number of hydrogen-bond donors (Lipinski definition) is 0. The second kappa shape index (κ2) is 16.7. The summed E-state index contributed by atoms with van der Waals surface area (Å²) >= 11 is 0. The molecule has 1 heterocycles. The molecule has 11 aromatic rings. The van der Waals surface area contributed by atoms with Gasteiger partial charge in [0.2, 0.25) is 0 Å². The van der Waals surface area contributed by atoms with Gasteiger partial charge in [0.25, 0.3) is 0 Å². The van der Waals surface area contributed by atoms with Crippen LogP contribution in [-0.4, -0.2) is 4.57 Å². The van der Waals surface area contributed by atoms with Gasteiger partial charge in [-0.15, -0.1) is 0 Å². The summed E-state index contributed by atoms with van der Waals surface area (Å²) in [5, 5.41) is 1.21. The Morgan fingerprint density at radius 1 is 0.206 bits per heavy atom. The Bertz CT molecular complexity index is 3190. The van der Waals surface area contributed by atoms with Crippen LogP contribution >= 0.6 is 0 Å². The number of aromatic nitrogens is 1. The molecule has 0 bridgehead atoms. The molecule has 296 valence electrons. The summed E-state index contributed by atoms with van der Waals surface area (Å²) in [6.07, 6.45) is 2.34. The van der Waals surface area contributed by atoms with Crippen LogP contribution in [0.5, 0.6) is 0 Å². The van der Waals surface area contributed by atoms with Gasteiger partial charge >= 0.3 is 0 Å². The van der Waals surface area contributed by atoms with Crippen molar-refractivity contribution in [2.45, 2.75) is 0 Å². The van der Waals surface area contributed by atoms with Crippen LogP contribution in [0.1, 0.15) is 0 Å². The van der Waals surface area contributed by atoms with Crippen molar-refractivity contribution in [2.24, 2.45) is 0 Å². The summed E-state index contributed by atoms with van der Waals surface area (Å²) < 4.78 is 2.39. The van der Waals surface area contributed by atoms with E-state index < -0.39 is 0 Å². The topological polar surface area (TPSA) is 4.93 Å². The molecule has 1 aromatic heterocycles. The average molecular weight is 802 g/mol. The van der Waals surface area contributed by atoms with Crippen LogP contribution < -0.4 is 0 Å². The quantitative estimate of drug-likeness (QED) is 0.137. The van der Waals surface area contributed by atoms with Crippen LogP contribution in [0.15, 0.2) is 261 Å². The highest BCUT2D eigenvalue weighted by Crippen LogP contribution is 2.39. The van der Waals surface area contributed by atoms with Gasteiger partial charge in [-0.05, 0) is 114 Å². The lowest BCUT2D eigenvalue weighted by molar-refractivity contribution is 1.13. The monoisotopic (exact) mass is 801 g/mol. The largest absolute Gasteiger partial charge is 0.316 e. The van der Waals surface area contributed by atoms with Crippen molar-refractivity contribution in [3.8, 4) is 94.7 Å². The van der Waals surface area contributed by atoms with E-state index in [2.05, 4.69) is 266 Å². The third-order valence-electron chi connectivity index (χ3n) is 12.3. The zero-order valence-electron chi connectivity index (χ0n) is 34.8. The fourth-order valence-corrected chi connectivity index (χ4v) is 8.87. The average Bonchev–Trinajstić information content (AvgIpc) is 3.76. The van der Waals surface area contributed by atoms with Crippen molar-refractivity contribution < 1.29 is 0 Å². The predicted octanol–water partition coefficient (Wildman–Crippen LogP) is 17.0. The molecule has 0 fully saturated rings. The molecule has 0 radical (unpaired) electrons. The van der Waals surface area contributed by atoms with E-state index in [1.807, 2.05) is 0 Å². The van der Waals surface area contributed by atoms with Gasteiger partial charge in [-0.25, -0.2) is 0 Å². The van der Waals surface area contributed by atoms with Gasteiger partial charge in [-0.3, -0.25) is 0 Å². The van der Waals surface area contributed by atoms with Gasteiger partial charge in [-0.2, -0.15) is 0 Å². The van der Waals surface area contributed by atoms with E-state index in [9.17, 15) is 0 Å². The van der Waals surface area contributed by atoms with Gasteiger partial charge in [0.15, 0.2) is 0 Å². The molecule has 0 spiro atoms. The van der Waals surface area contributed by atoms with Crippen molar-refractivity contribution in [1.29, 1.82) is 0 Å². The zero-order valence-corrected chi connectivity index (χ0v) is 34.8. The van der Waals surface area contributed by atoms with Gasteiger partial charge in [0.05, 0.1) is 5.52 Å². The Morgan fingerprint density at radius 2 is 0.492 bits per heavy atom. The molecule has 0 aliphatic heterocycles. The van der Waals surface area contributed by atoms with Crippen molar-refractivity contribution in [3.63, 3.8) is 0 Å². The van der Waals surface area contributed by atoms with E-state index >= 15 is 0 Å². The smallest absolute Gasteiger partial charge is 0.0535 e. The standard InChI is InChI=1S/C62H43N/c1-5-13-44(14-6-1)48-21-27-52(28-22-48)56-37-38-62-60(42-56)61(55-35-33-51(34-36-55)47-19-11-4-12-20-47)43-63(62)59-40-57(53-29-23-49(24-30-53)45-15-7-2-8-16-45)39-58(41-59)54-31-25-50(26-32-54)46-17-9-3-10-18-46/h1-43H. The summed E-state index contributed by atoms with van der Waals surface area (Å²) in [6.45, 7) is 0. The lowest BCUT2D eigenvalue weighted by atomic mass is 9.95. The molecule has 0 aliphatic carbocycles. The van der Waals surface area contributed by atoms with Crippen LogP contribution in [0.25, 0.3) is 106 Å². The molecule has 0 unspecified atom stereocenters. The first-order valence-corrected chi connectivity index (χ1v) is 21.6. The third kappa shape index (κ3) is 7.69. The van der Waals surface area contributed by atoms with Crippen LogP contribution in [0.2, 0.25) is 0 Å². The second-order valence-electron chi connectivity index (χ2n) is 16.2. The highest BCUT2D eigenvalue weighted by molar-refractivity contribution is 6.00. The molecule has 0 saturated carbocycles. The first-order valence-electron chi connectivity index (χ1n) is 21.6. The van der Waals surface area contributed by atoms with E-state index in [0.717, 1.165) is 11.2 Å². The molecule has 10 aromatic carbocycles. The summed E-state index contributed by atoms with van der Waals surface area (Å²) in [6, 6.07) is 92.3.